The van der Waals surface area contributed by atoms with Gasteiger partial charge in [0.05, 0.1) is 18.0 Å². The van der Waals surface area contributed by atoms with Crippen molar-refractivity contribution in [1.82, 2.24) is 14.7 Å². The van der Waals surface area contributed by atoms with Gasteiger partial charge < -0.3 is 19.8 Å². The minimum Gasteiger partial charge on any atom is -0.465 e. The zero-order chi connectivity index (χ0) is 20.3. The standard InChI is InChI=1S/C19H24F3N3O3/c20-19(21,22)16-6-2-1-5-14(16)11-17(26)25-10-9-24(18(27)28)13-15(25)12-23-7-3-4-8-23/h1-2,5-6,15H,3-4,7-13H2,(H,27,28). The molecule has 0 aliphatic carbocycles. The first-order valence-electron chi connectivity index (χ1n) is 9.40. The Morgan fingerprint density at radius 3 is 2.39 bits per heavy atom. The van der Waals surface area contributed by atoms with E-state index >= 15 is 0 Å². The number of likely N-dealkylation sites (tertiary alicyclic amines) is 1. The van der Waals surface area contributed by atoms with Crippen molar-refractivity contribution in [3.05, 3.63) is 35.4 Å². The quantitative estimate of drug-likeness (QED) is 0.845. The summed E-state index contributed by atoms with van der Waals surface area (Å²) in [5, 5.41) is 9.29. The van der Waals surface area contributed by atoms with Gasteiger partial charge in [-0.05, 0) is 37.6 Å². The summed E-state index contributed by atoms with van der Waals surface area (Å²) in [6.45, 7) is 2.86. The van der Waals surface area contributed by atoms with E-state index in [9.17, 15) is 27.9 Å². The Bertz CT molecular complexity index is 720. The molecule has 2 fully saturated rings. The van der Waals surface area contributed by atoms with Crippen molar-refractivity contribution < 1.29 is 27.9 Å². The van der Waals surface area contributed by atoms with Crippen LogP contribution in [0.15, 0.2) is 24.3 Å². The van der Waals surface area contributed by atoms with Gasteiger partial charge in [0.15, 0.2) is 0 Å². The summed E-state index contributed by atoms with van der Waals surface area (Å²) < 4.78 is 39.7. The first-order chi connectivity index (χ1) is 13.3. The van der Waals surface area contributed by atoms with Crippen LogP contribution in [-0.4, -0.2) is 77.1 Å². The summed E-state index contributed by atoms with van der Waals surface area (Å²) in [5.74, 6) is -0.397. The third-order valence-electron chi connectivity index (χ3n) is 5.41. The molecule has 1 aromatic carbocycles. The van der Waals surface area contributed by atoms with Gasteiger partial charge in [-0.15, -0.1) is 0 Å². The number of carbonyl (C=O) groups excluding carboxylic acids is 1. The second-order valence-electron chi connectivity index (χ2n) is 7.31. The molecule has 3 rings (SSSR count). The molecule has 2 aliphatic rings. The summed E-state index contributed by atoms with van der Waals surface area (Å²) in [5.41, 5.74) is -0.857. The van der Waals surface area contributed by atoms with Crippen LogP contribution in [0.1, 0.15) is 24.0 Å². The van der Waals surface area contributed by atoms with Gasteiger partial charge in [-0.25, -0.2) is 4.79 Å². The van der Waals surface area contributed by atoms with E-state index in [0.717, 1.165) is 32.0 Å². The zero-order valence-corrected chi connectivity index (χ0v) is 15.5. The van der Waals surface area contributed by atoms with Crippen molar-refractivity contribution in [1.29, 1.82) is 0 Å². The molecule has 0 saturated carbocycles. The molecule has 2 heterocycles. The molecule has 0 aromatic heterocycles. The molecule has 28 heavy (non-hydrogen) atoms. The van der Waals surface area contributed by atoms with Gasteiger partial charge in [0.25, 0.3) is 0 Å². The Morgan fingerprint density at radius 2 is 1.75 bits per heavy atom. The second-order valence-corrected chi connectivity index (χ2v) is 7.31. The number of amides is 2. The molecule has 2 aliphatic heterocycles. The van der Waals surface area contributed by atoms with Crippen LogP contribution in [-0.2, 0) is 17.4 Å². The molecule has 0 bridgehead atoms. The summed E-state index contributed by atoms with van der Waals surface area (Å²) in [7, 11) is 0. The zero-order valence-electron chi connectivity index (χ0n) is 15.5. The van der Waals surface area contributed by atoms with Crippen LogP contribution in [0.5, 0.6) is 0 Å². The highest BCUT2D eigenvalue weighted by Crippen LogP contribution is 2.32. The molecule has 0 radical (unpaired) electrons. The topological polar surface area (TPSA) is 64.1 Å². The van der Waals surface area contributed by atoms with E-state index in [2.05, 4.69) is 4.90 Å². The third-order valence-corrected chi connectivity index (χ3v) is 5.41. The van der Waals surface area contributed by atoms with Crippen molar-refractivity contribution in [2.24, 2.45) is 0 Å². The number of carbonyl (C=O) groups is 2. The molecule has 9 heteroatoms. The molecule has 6 nitrogen and oxygen atoms in total. The lowest BCUT2D eigenvalue weighted by molar-refractivity contribution is -0.139. The molecule has 1 N–H and O–H groups in total. The summed E-state index contributed by atoms with van der Waals surface area (Å²) in [4.78, 5) is 29.2. The predicted octanol–water partition coefficient (Wildman–Crippen LogP) is 2.53. The van der Waals surface area contributed by atoms with Crippen LogP contribution in [0.4, 0.5) is 18.0 Å². The first-order valence-corrected chi connectivity index (χ1v) is 9.40. The smallest absolute Gasteiger partial charge is 0.416 e. The maximum Gasteiger partial charge on any atom is 0.416 e. The van der Waals surface area contributed by atoms with Crippen molar-refractivity contribution >= 4 is 12.0 Å². The Labute approximate surface area is 161 Å². The molecule has 1 aromatic rings. The first kappa shape index (κ1) is 20.4. The molecule has 2 saturated heterocycles. The molecular weight excluding hydrogens is 375 g/mol. The number of nitrogens with zero attached hydrogens (tertiary/aromatic N) is 3. The monoisotopic (exact) mass is 399 g/mol. The van der Waals surface area contributed by atoms with Gasteiger partial charge in [-0.3, -0.25) is 4.79 Å². The van der Waals surface area contributed by atoms with Crippen molar-refractivity contribution in [2.45, 2.75) is 31.5 Å². The lowest BCUT2D eigenvalue weighted by Crippen LogP contribution is -2.59. The number of benzene rings is 1. The maximum atomic E-state index is 13.2. The molecule has 1 atom stereocenters. The summed E-state index contributed by atoms with van der Waals surface area (Å²) >= 11 is 0. The lowest BCUT2D eigenvalue weighted by Gasteiger charge is -2.42. The molecular formula is C19H24F3N3O3. The van der Waals surface area contributed by atoms with Gasteiger partial charge in [0.1, 0.15) is 0 Å². The number of alkyl halides is 3. The van der Waals surface area contributed by atoms with E-state index in [1.165, 1.54) is 23.1 Å². The number of piperazine rings is 1. The fourth-order valence-electron chi connectivity index (χ4n) is 3.99. The second kappa shape index (κ2) is 8.38. The summed E-state index contributed by atoms with van der Waals surface area (Å²) in [6, 6.07) is 4.74. The fraction of sp³-hybridized carbons (Fsp3) is 0.579. The third kappa shape index (κ3) is 4.76. The number of carboxylic acid groups (broad SMARTS) is 1. The lowest BCUT2D eigenvalue weighted by atomic mass is 10.0. The van der Waals surface area contributed by atoms with Gasteiger partial charge in [-0.1, -0.05) is 18.2 Å². The number of halogens is 3. The average molecular weight is 399 g/mol. The minimum absolute atomic E-state index is 0.0550. The van der Waals surface area contributed by atoms with Crippen LogP contribution < -0.4 is 0 Å². The normalized spacial score (nSPS) is 21.2. The Kier molecular flexibility index (Phi) is 6.12. The van der Waals surface area contributed by atoms with E-state index in [-0.39, 0.29) is 37.7 Å². The van der Waals surface area contributed by atoms with Crippen LogP contribution in [0, 0.1) is 0 Å². The number of hydrogen-bond acceptors (Lipinski definition) is 3. The van der Waals surface area contributed by atoms with E-state index in [1.807, 2.05) is 0 Å². The van der Waals surface area contributed by atoms with Gasteiger partial charge in [0.2, 0.25) is 5.91 Å². The van der Waals surface area contributed by atoms with Crippen LogP contribution >= 0.6 is 0 Å². The number of hydrogen-bond donors (Lipinski definition) is 1. The van der Waals surface area contributed by atoms with E-state index < -0.39 is 23.7 Å². The van der Waals surface area contributed by atoms with E-state index in [0.29, 0.717) is 6.54 Å². The van der Waals surface area contributed by atoms with Crippen LogP contribution in [0.3, 0.4) is 0 Å². The van der Waals surface area contributed by atoms with E-state index in [1.54, 1.807) is 4.90 Å². The highest BCUT2D eigenvalue weighted by Gasteiger charge is 2.36. The van der Waals surface area contributed by atoms with Gasteiger partial charge in [0, 0.05) is 26.2 Å². The summed E-state index contributed by atoms with van der Waals surface area (Å²) in [6.07, 6.45) is -3.79. The van der Waals surface area contributed by atoms with Crippen molar-refractivity contribution in [3.8, 4) is 0 Å². The molecule has 2 amide bonds. The number of rotatable bonds is 4. The minimum atomic E-state index is -4.52. The Hall–Kier alpha value is -2.29. The highest BCUT2D eigenvalue weighted by atomic mass is 19.4. The van der Waals surface area contributed by atoms with E-state index in [4.69, 9.17) is 0 Å². The van der Waals surface area contributed by atoms with Gasteiger partial charge in [-0.2, -0.15) is 13.2 Å². The van der Waals surface area contributed by atoms with Crippen molar-refractivity contribution in [2.75, 3.05) is 39.3 Å². The molecule has 0 spiro atoms. The van der Waals surface area contributed by atoms with Crippen LogP contribution in [0.25, 0.3) is 0 Å². The van der Waals surface area contributed by atoms with Crippen LogP contribution in [0.2, 0.25) is 0 Å². The largest absolute Gasteiger partial charge is 0.465 e. The van der Waals surface area contributed by atoms with Gasteiger partial charge >= 0.3 is 12.3 Å². The Morgan fingerprint density at radius 1 is 1.07 bits per heavy atom. The van der Waals surface area contributed by atoms with Crippen molar-refractivity contribution in [3.63, 3.8) is 0 Å². The predicted molar refractivity (Wildman–Crippen MR) is 95.9 cm³/mol. The molecule has 1 unspecified atom stereocenters. The fourth-order valence-corrected chi connectivity index (χ4v) is 3.99. The maximum absolute atomic E-state index is 13.2. The average Bonchev–Trinajstić information content (AvgIpc) is 3.14. The highest BCUT2D eigenvalue weighted by molar-refractivity contribution is 5.80. The SMILES string of the molecule is O=C(O)N1CCN(C(=O)Cc2ccccc2C(F)(F)F)C(CN2CCCC2)C1. The Balaban J connectivity index is 1.75. The molecule has 154 valence electrons.